The molecule has 6 heteroatoms. The molecule has 2 N–H and O–H groups in total. The fourth-order valence-corrected chi connectivity index (χ4v) is 4.09. The lowest BCUT2D eigenvalue weighted by Gasteiger charge is -2.36. The highest BCUT2D eigenvalue weighted by Gasteiger charge is 2.55. The van der Waals surface area contributed by atoms with Gasteiger partial charge in [0.15, 0.2) is 0 Å². The minimum Gasteiger partial charge on any atom is -0.324 e. The molecule has 2 atom stereocenters. The number of rotatable bonds is 4. The molecule has 2 fully saturated rings. The smallest absolute Gasteiger partial charge is 0.324 e. The number of hydrogen-bond donors (Lipinski definition) is 2. The van der Waals surface area contributed by atoms with E-state index in [9.17, 15) is 14.4 Å². The van der Waals surface area contributed by atoms with E-state index in [1.54, 1.807) is 0 Å². The maximum atomic E-state index is 12.9. The van der Waals surface area contributed by atoms with Crippen LogP contribution in [-0.4, -0.2) is 34.8 Å². The van der Waals surface area contributed by atoms with Gasteiger partial charge >= 0.3 is 6.03 Å². The molecular formula is C20H27N3O3. The second kappa shape index (κ2) is 7.09. The average molecular weight is 357 g/mol. The SMILES string of the molecule is CC(C)c1ccccc1NC(=O)CN1C(=O)N[C@]2(CCCC[C@H]2C)C1=O. The molecule has 0 unspecified atom stereocenters. The Kier molecular flexibility index (Phi) is 5.03. The summed E-state index contributed by atoms with van der Waals surface area (Å²) in [7, 11) is 0. The Labute approximate surface area is 154 Å². The number of amides is 4. The van der Waals surface area contributed by atoms with E-state index in [1.165, 1.54) is 0 Å². The monoisotopic (exact) mass is 357 g/mol. The number of nitrogens with one attached hydrogen (secondary N) is 2. The number of anilines is 1. The first-order valence-corrected chi connectivity index (χ1v) is 9.38. The summed E-state index contributed by atoms with van der Waals surface area (Å²) in [5.74, 6) is -0.277. The number of para-hydroxylation sites is 1. The van der Waals surface area contributed by atoms with Crippen molar-refractivity contribution in [1.82, 2.24) is 10.2 Å². The van der Waals surface area contributed by atoms with Crippen LogP contribution < -0.4 is 10.6 Å². The van der Waals surface area contributed by atoms with E-state index in [0.717, 1.165) is 35.4 Å². The number of hydrogen-bond acceptors (Lipinski definition) is 3. The van der Waals surface area contributed by atoms with Gasteiger partial charge in [0.2, 0.25) is 5.91 Å². The summed E-state index contributed by atoms with van der Waals surface area (Å²) in [5.41, 5.74) is 0.918. The zero-order chi connectivity index (χ0) is 18.9. The van der Waals surface area contributed by atoms with E-state index in [-0.39, 0.29) is 30.2 Å². The molecule has 1 aliphatic carbocycles. The second-order valence-corrected chi connectivity index (χ2v) is 7.73. The summed E-state index contributed by atoms with van der Waals surface area (Å²) in [6.07, 6.45) is 3.54. The van der Waals surface area contributed by atoms with E-state index in [2.05, 4.69) is 24.5 Å². The fourth-order valence-electron chi connectivity index (χ4n) is 4.09. The molecule has 1 saturated carbocycles. The Balaban J connectivity index is 1.72. The third kappa shape index (κ3) is 3.20. The topological polar surface area (TPSA) is 78.5 Å². The van der Waals surface area contributed by atoms with Gasteiger partial charge in [-0.25, -0.2) is 4.79 Å². The van der Waals surface area contributed by atoms with Crippen molar-refractivity contribution in [3.63, 3.8) is 0 Å². The first-order chi connectivity index (χ1) is 12.3. The number of urea groups is 1. The normalized spacial score (nSPS) is 25.7. The van der Waals surface area contributed by atoms with E-state index < -0.39 is 11.6 Å². The van der Waals surface area contributed by atoms with E-state index >= 15 is 0 Å². The Bertz CT molecular complexity index is 731. The Morgan fingerprint density at radius 2 is 2.04 bits per heavy atom. The van der Waals surface area contributed by atoms with Crippen molar-refractivity contribution in [3.8, 4) is 0 Å². The summed E-state index contributed by atoms with van der Waals surface area (Å²) in [5, 5.41) is 5.72. The van der Waals surface area contributed by atoms with Crippen LogP contribution in [0.25, 0.3) is 0 Å². The van der Waals surface area contributed by atoms with Crippen LogP contribution in [0.3, 0.4) is 0 Å². The fraction of sp³-hybridized carbons (Fsp3) is 0.550. The van der Waals surface area contributed by atoms with Crippen LogP contribution in [0, 0.1) is 5.92 Å². The van der Waals surface area contributed by atoms with Crippen LogP contribution in [0.5, 0.6) is 0 Å². The lowest BCUT2D eigenvalue weighted by atomic mass is 9.73. The molecule has 0 aromatic heterocycles. The molecule has 6 nitrogen and oxygen atoms in total. The highest BCUT2D eigenvalue weighted by atomic mass is 16.2. The molecule has 140 valence electrons. The summed E-state index contributed by atoms with van der Waals surface area (Å²) in [6.45, 7) is 5.85. The van der Waals surface area contributed by atoms with Crippen LogP contribution >= 0.6 is 0 Å². The molecule has 2 aliphatic rings. The van der Waals surface area contributed by atoms with Gasteiger partial charge < -0.3 is 10.6 Å². The molecule has 1 spiro atoms. The third-order valence-electron chi connectivity index (χ3n) is 5.66. The average Bonchev–Trinajstić information content (AvgIpc) is 2.83. The molecule has 26 heavy (non-hydrogen) atoms. The van der Waals surface area contributed by atoms with Crippen molar-refractivity contribution in [1.29, 1.82) is 0 Å². The van der Waals surface area contributed by atoms with Crippen molar-refractivity contribution >= 4 is 23.5 Å². The van der Waals surface area contributed by atoms with Crippen molar-refractivity contribution < 1.29 is 14.4 Å². The highest BCUT2D eigenvalue weighted by Crippen LogP contribution is 2.38. The first kappa shape index (κ1) is 18.4. The van der Waals surface area contributed by atoms with Crippen molar-refractivity contribution in [3.05, 3.63) is 29.8 Å². The van der Waals surface area contributed by atoms with Gasteiger partial charge in [0.25, 0.3) is 5.91 Å². The maximum Gasteiger partial charge on any atom is 0.325 e. The lowest BCUT2D eigenvalue weighted by Crippen LogP contribution is -2.54. The van der Waals surface area contributed by atoms with E-state index in [0.29, 0.717) is 6.42 Å². The molecule has 3 rings (SSSR count). The van der Waals surface area contributed by atoms with Crippen molar-refractivity contribution in [2.24, 2.45) is 5.92 Å². The zero-order valence-corrected chi connectivity index (χ0v) is 15.7. The van der Waals surface area contributed by atoms with Gasteiger partial charge in [-0.15, -0.1) is 0 Å². The van der Waals surface area contributed by atoms with Gasteiger partial charge in [-0.2, -0.15) is 0 Å². The molecule has 1 heterocycles. The van der Waals surface area contributed by atoms with Gasteiger partial charge in [-0.1, -0.05) is 51.8 Å². The lowest BCUT2D eigenvalue weighted by molar-refractivity contribution is -0.136. The Morgan fingerprint density at radius 3 is 2.73 bits per heavy atom. The van der Waals surface area contributed by atoms with Gasteiger partial charge in [-0.3, -0.25) is 14.5 Å². The summed E-state index contributed by atoms with van der Waals surface area (Å²) in [4.78, 5) is 38.9. The highest BCUT2D eigenvalue weighted by molar-refractivity contribution is 6.10. The van der Waals surface area contributed by atoms with E-state index in [4.69, 9.17) is 0 Å². The standard InChI is InChI=1S/C20H27N3O3/c1-13(2)15-9-4-5-10-16(15)21-17(24)12-23-18(25)20(22-19(23)26)11-7-6-8-14(20)3/h4-5,9-10,13-14H,6-8,11-12H2,1-3H3,(H,21,24)(H,22,26)/t14-,20+/m1/s1. The molecule has 1 aromatic carbocycles. The molecule has 4 amide bonds. The second-order valence-electron chi connectivity index (χ2n) is 7.73. The number of benzene rings is 1. The number of nitrogens with zero attached hydrogens (tertiary/aromatic N) is 1. The predicted octanol–water partition coefficient (Wildman–Crippen LogP) is 3.25. The van der Waals surface area contributed by atoms with Gasteiger partial charge in [0.1, 0.15) is 12.1 Å². The third-order valence-corrected chi connectivity index (χ3v) is 5.66. The van der Waals surface area contributed by atoms with Crippen LogP contribution in [0.4, 0.5) is 10.5 Å². The van der Waals surface area contributed by atoms with Crippen LogP contribution in [0.2, 0.25) is 0 Å². The number of carbonyl (C=O) groups excluding carboxylic acids is 3. The molecule has 1 saturated heterocycles. The quantitative estimate of drug-likeness (QED) is 0.812. The van der Waals surface area contributed by atoms with Crippen molar-refractivity contribution in [2.45, 2.75) is 57.9 Å². The number of imide groups is 1. The van der Waals surface area contributed by atoms with Crippen LogP contribution in [-0.2, 0) is 9.59 Å². The van der Waals surface area contributed by atoms with Crippen LogP contribution in [0.1, 0.15) is 57.9 Å². The largest absolute Gasteiger partial charge is 0.325 e. The molecule has 0 bridgehead atoms. The van der Waals surface area contributed by atoms with Crippen molar-refractivity contribution in [2.75, 3.05) is 11.9 Å². The molecule has 1 aromatic rings. The van der Waals surface area contributed by atoms with Gasteiger partial charge in [-0.05, 0) is 36.3 Å². The summed E-state index contributed by atoms with van der Waals surface area (Å²) >= 11 is 0. The first-order valence-electron chi connectivity index (χ1n) is 9.38. The summed E-state index contributed by atoms with van der Waals surface area (Å²) in [6, 6.07) is 7.12. The zero-order valence-electron chi connectivity index (χ0n) is 15.7. The molecule has 0 radical (unpaired) electrons. The summed E-state index contributed by atoms with van der Waals surface area (Å²) < 4.78 is 0. The number of carbonyl (C=O) groups is 3. The van der Waals surface area contributed by atoms with Gasteiger partial charge in [0.05, 0.1) is 0 Å². The molecular weight excluding hydrogens is 330 g/mol. The maximum absolute atomic E-state index is 12.9. The minimum absolute atomic E-state index is 0.0856. The Morgan fingerprint density at radius 1 is 1.31 bits per heavy atom. The Hall–Kier alpha value is -2.37. The van der Waals surface area contributed by atoms with Crippen LogP contribution in [0.15, 0.2) is 24.3 Å². The van der Waals surface area contributed by atoms with E-state index in [1.807, 2.05) is 31.2 Å². The van der Waals surface area contributed by atoms with Gasteiger partial charge in [0, 0.05) is 5.69 Å². The predicted molar refractivity (Wildman–Crippen MR) is 99.8 cm³/mol. The molecule has 1 aliphatic heterocycles. The minimum atomic E-state index is -0.828.